The summed E-state index contributed by atoms with van der Waals surface area (Å²) < 4.78 is 14.7. The monoisotopic (exact) mass is 356 g/mol. The van der Waals surface area contributed by atoms with Crippen LogP contribution in [-0.4, -0.2) is 115 Å². The molecular weight excluding hydrogens is 336 g/mol. The molecule has 0 amide bonds. The highest BCUT2D eigenvalue weighted by Crippen LogP contribution is 2.25. The minimum absolute atomic E-state index is 0.584. The molecule has 0 aromatic rings. The van der Waals surface area contributed by atoms with Gasteiger partial charge in [0.2, 0.25) is 0 Å². The van der Waals surface area contributed by atoms with Crippen molar-refractivity contribution in [3.63, 3.8) is 0 Å². The molecular formula is C12H20O12. The predicted molar refractivity (Wildman–Crippen MR) is 69.2 cm³/mol. The van der Waals surface area contributed by atoms with E-state index in [-0.39, 0.29) is 0 Å². The Balaban J connectivity index is 1.98. The van der Waals surface area contributed by atoms with Crippen LogP contribution >= 0.6 is 0 Å². The van der Waals surface area contributed by atoms with Crippen molar-refractivity contribution in [2.45, 2.75) is 61.4 Å². The zero-order chi connectivity index (χ0) is 18.2. The average molecular weight is 356 g/mol. The first-order valence-electron chi connectivity index (χ1n) is 7.07. The lowest BCUT2D eigenvalue weighted by molar-refractivity contribution is -0.321. The van der Waals surface area contributed by atoms with Crippen LogP contribution in [0.5, 0.6) is 0 Å². The fraction of sp³-hybridized carbons (Fsp3) is 0.917. The van der Waals surface area contributed by atoms with Gasteiger partial charge in [-0.1, -0.05) is 0 Å². The largest absolute Gasteiger partial charge is 0.479 e. The maximum Gasteiger partial charge on any atom is 0.335 e. The van der Waals surface area contributed by atoms with E-state index in [1.807, 2.05) is 0 Å². The molecule has 0 spiro atoms. The summed E-state index contributed by atoms with van der Waals surface area (Å²) in [6.07, 6.45) is -17.3. The third-order valence-corrected chi connectivity index (χ3v) is 3.92. The smallest absolute Gasteiger partial charge is 0.335 e. The quantitative estimate of drug-likeness (QED) is 0.238. The van der Waals surface area contributed by atoms with E-state index >= 15 is 0 Å². The predicted octanol–water partition coefficient (Wildman–Crippen LogP) is -5.30. The van der Waals surface area contributed by atoms with E-state index in [1.54, 1.807) is 0 Å². The van der Waals surface area contributed by atoms with E-state index in [2.05, 4.69) is 0 Å². The molecule has 12 nitrogen and oxygen atoms in total. The van der Waals surface area contributed by atoms with E-state index in [0.29, 0.717) is 0 Å². The molecule has 8 N–H and O–H groups in total. The van der Waals surface area contributed by atoms with Crippen LogP contribution in [0.4, 0.5) is 0 Å². The third-order valence-electron chi connectivity index (χ3n) is 3.92. The number of aliphatic hydroxyl groups excluding tert-OH is 7. The molecule has 2 rings (SSSR count). The van der Waals surface area contributed by atoms with Gasteiger partial charge < -0.3 is 55.1 Å². The summed E-state index contributed by atoms with van der Waals surface area (Å²) in [5.74, 6) is -1.59. The highest BCUT2D eigenvalue weighted by Gasteiger charge is 2.49. The number of ether oxygens (including phenoxy) is 3. The van der Waals surface area contributed by atoms with Crippen LogP contribution in [0.1, 0.15) is 0 Å². The van der Waals surface area contributed by atoms with Crippen LogP contribution in [0.15, 0.2) is 0 Å². The zero-order valence-corrected chi connectivity index (χ0v) is 12.2. The molecule has 10 atom stereocenters. The Labute approximate surface area is 135 Å². The summed E-state index contributed by atoms with van der Waals surface area (Å²) in [6, 6.07) is 0. The minimum atomic E-state index is -1.88. The molecule has 2 aliphatic rings. The van der Waals surface area contributed by atoms with E-state index in [9.17, 15) is 40.5 Å². The fourth-order valence-electron chi connectivity index (χ4n) is 2.45. The van der Waals surface area contributed by atoms with Crippen LogP contribution in [0, 0.1) is 0 Å². The van der Waals surface area contributed by atoms with Crippen LogP contribution in [-0.2, 0) is 19.0 Å². The molecule has 0 aromatic carbocycles. The van der Waals surface area contributed by atoms with Gasteiger partial charge >= 0.3 is 5.97 Å². The number of carboxylic acid groups (broad SMARTS) is 1. The van der Waals surface area contributed by atoms with Crippen LogP contribution in [0.2, 0.25) is 0 Å². The Morgan fingerprint density at radius 2 is 1.38 bits per heavy atom. The van der Waals surface area contributed by atoms with Gasteiger partial charge in [0.1, 0.15) is 42.7 Å². The van der Waals surface area contributed by atoms with Gasteiger partial charge in [0.05, 0.1) is 6.61 Å². The second-order valence-electron chi connectivity index (χ2n) is 5.61. The lowest BCUT2D eigenvalue weighted by Crippen LogP contribution is -2.62. The number of carboxylic acids is 1. The number of aliphatic carboxylic acids is 1. The minimum Gasteiger partial charge on any atom is -0.479 e. The molecule has 2 fully saturated rings. The molecule has 2 aliphatic heterocycles. The van der Waals surface area contributed by atoms with Crippen molar-refractivity contribution in [2.24, 2.45) is 0 Å². The van der Waals surface area contributed by atoms with E-state index in [1.165, 1.54) is 0 Å². The number of carbonyl (C=O) groups is 1. The maximum absolute atomic E-state index is 11.0. The normalized spacial score (nSPS) is 49.8. The summed E-state index contributed by atoms with van der Waals surface area (Å²) in [6.45, 7) is -0.584. The number of aliphatic hydroxyl groups is 7. The average Bonchev–Trinajstić information content (AvgIpc) is 2.54. The summed E-state index contributed by atoms with van der Waals surface area (Å²) in [7, 11) is 0. The Morgan fingerprint density at radius 1 is 0.792 bits per heavy atom. The molecule has 12 heteroatoms. The first kappa shape index (κ1) is 19.4. The number of hydrogen-bond donors (Lipinski definition) is 8. The number of rotatable bonds is 4. The second kappa shape index (κ2) is 7.53. The fourth-order valence-corrected chi connectivity index (χ4v) is 2.45. The molecule has 0 bridgehead atoms. The lowest BCUT2D eigenvalue weighted by Gasteiger charge is -2.41. The van der Waals surface area contributed by atoms with Crippen molar-refractivity contribution in [1.82, 2.24) is 0 Å². The summed E-state index contributed by atoms with van der Waals surface area (Å²) in [5.41, 5.74) is 0. The molecule has 2 heterocycles. The van der Waals surface area contributed by atoms with Gasteiger partial charge in [-0.05, 0) is 0 Å². The molecule has 24 heavy (non-hydrogen) atoms. The van der Waals surface area contributed by atoms with E-state index in [0.717, 1.165) is 0 Å². The van der Waals surface area contributed by atoms with Crippen LogP contribution < -0.4 is 0 Å². The lowest BCUT2D eigenvalue weighted by atomic mass is 9.98. The van der Waals surface area contributed by atoms with Gasteiger partial charge in [0, 0.05) is 0 Å². The van der Waals surface area contributed by atoms with Gasteiger partial charge in [-0.3, -0.25) is 0 Å². The Hall–Kier alpha value is -0.930. The van der Waals surface area contributed by atoms with Gasteiger partial charge in [0.25, 0.3) is 0 Å². The van der Waals surface area contributed by atoms with E-state index < -0.39 is 74.0 Å². The molecule has 0 aliphatic carbocycles. The van der Waals surface area contributed by atoms with Gasteiger partial charge in [-0.15, -0.1) is 0 Å². The van der Waals surface area contributed by atoms with Crippen molar-refractivity contribution in [3.8, 4) is 0 Å². The molecule has 0 unspecified atom stereocenters. The molecule has 0 radical (unpaired) electrons. The first-order valence-corrected chi connectivity index (χ1v) is 7.07. The van der Waals surface area contributed by atoms with Gasteiger partial charge in [0.15, 0.2) is 18.7 Å². The Kier molecular flexibility index (Phi) is 6.09. The maximum atomic E-state index is 11.0. The summed E-state index contributed by atoms with van der Waals surface area (Å²) in [5, 5.41) is 75.8. The van der Waals surface area contributed by atoms with E-state index in [4.69, 9.17) is 19.3 Å². The molecule has 2 saturated heterocycles. The Morgan fingerprint density at radius 3 is 1.96 bits per heavy atom. The van der Waals surface area contributed by atoms with Crippen LogP contribution in [0.25, 0.3) is 0 Å². The SMILES string of the molecule is O=C(O)[C@H]1O[C@@H](OC[C@H]2O[C@@H](O)[C@H](O)[C@@H](O)[C@H]2O)[C@H](O)[C@@H](O)[C@@H]1O. The molecule has 140 valence electrons. The zero-order valence-electron chi connectivity index (χ0n) is 12.2. The van der Waals surface area contributed by atoms with Crippen molar-refractivity contribution in [1.29, 1.82) is 0 Å². The highest BCUT2D eigenvalue weighted by atomic mass is 16.7. The van der Waals surface area contributed by atoms with Crippen molar-refractivity contribution in [3.05, 3.63) is 0 Å². The van der Waals surface area contributed by atoms with Crippen molar-refractivity contribution < 1.29 is 59.9 Å². The van der Waals surface area contributed by atoms with Gasteiger partial charge in [-0.25, -0.2) is 4.79 Å². The van der Waals surface area contributed by atoms with Gasteiger partial charge in [-0.2, -0.15) is 0 Å². The third kappa shape index (κ3) is 3.67. The van der Waals surface area contributed by atoms with Crippen molar-refractivity contribution in [2.75, 3.05) is 6.61 Å². The highest BCUT2D eigenvalue weighted by molar-refractivity contribution is 5.73. The summed E-state index contributed by atoms with van der Waals surface area (Å²) >= 11 is 0. The van der Waals surface area contributed by atoms with Crippen molar-refractivity contribution >= 4 is 5.97 Å². The second-order valence-corrected chi connectivity index (χ2v) is 5.61. The summed E-state index contributed by atoms with van der Waals surface area (Å²) in [4.78, 5) is 11.0. The Bertz CT molecular complexity index is 446. The topological polar surface area (TPSA) is 207 Å². The van der Waals surface area contributed by atoms with Crippen LogP contribution in [0.3, 0.4) is 0 Å². The number of hydrogen-bond acceptors (Lipinski definition) is 11. The first-order chi connectivity index (χ1) is 11.1. The standard InChI is InChI=1S/C12H20O12/c13-3-2(23-11(21)7(17)4(3)14)1-22-12-8(18)5(15)6(16)9(24-12)10(19)20/h2-9,11-18,21H,1H2,(H,19,20)/t2-,3+,4+,5+,6+,7-,8-,9+,11-,12-/m1/s1. The molecule has 0 aromatic heterocycles. The molecule has 0 saturated carbocycles.